The fourth-order valence-corrected chi connectivity index (χ4v) is 3.16. The number of anilines is 2. The second kappa shape index (κ2) is 6.88. The van der Waals surface area contributed by atoms with E-state index in [-0.39, 0.29) is 12.1 Å². The van der Waals surface area contributed by atoms with E-state index in [1.807, 2.05) is 73.7 Å². The lowest BCUT2D eigenvalue weighted by atomic mass is 10.1. The Morgan fingerprint density at radius 1 is 1.04 bits per heavy atom. The second-order valence-corrected chi connectivity index (χ2v) is 5.95. The van der Waals surface area contributed by atoms with Crippen molar-refractivity contribution in [2.75, 3.05) is 16.8 Å². The van der Waals surface area contributed by atoms with Crippen molar-refractivity contribution in [2.45, 2.75) is 13.1 Å². The van der Waals surface area contributed by atoms with E-state index in [9.17, 15) is 4.79 Å². The first-order valence-electron chi connectivity index (χ1n) is 8.61. The van der Waals surface area contributed by atoms with Gasteiger partial charge in [-0.3, -0.25) is 9.69 Å². The van der Waals surface area contributed by atoms with Crippen LogP contribution in [0, 0.1) is 0 Å². The lowest BCUT2D eigenvalue weighted by Gasteiger charge is -2.26. The van der Waals surface area contributed by atoms with Crippen molar-refractivity contribution >= 4 is 17.4 Å². The third-order valence-electron chi connectivity index (χ3n) is 4.33. The van der Waals surface area contributed by atoms with Gasteiger partial charge in [0.1, 0.15) is 17.7 Å². The maximum atomic E-state index is 13.0. The zero-order valence-corrected chi connectivity index (χ0v) is 14.4. The Balaban J connectivity index is 1.69. The molecule has 0 saturated carbocycles. The van der Waals surface area contributed by atoms with Gasteiger partial charge in [0, 0.05) is 23.0 Å². The molecule has 0 spiro atoms. The lowest BCUT2D eigenvalue weighted by Crippen LogP contribution is -2.32. The molecule has 0 fully saturated rings. The Hall–Kier alpha value is -3.34. The number of ether oxygens (including phenoxy) is 1. The van der Waals surface area contributed by atoms with E-state index in [1.165, 1.54) is 0 Å². The highest BCUT2D eigenvalue weighted by Gasteiger charge is 2.38. The Morgan fingerprint density at radius 2 is 1.81 bits per heavy atom. The first kappa shape index (κ1) is 16.1. The van der Waals surface area contributed by atoms with E-state index < -0.39 is 0 Å². The molecule has 1 atom stereocenters. The minimum Gasteiger partial charge on any atom is -0.494 e. The number of benzene rings is 2. The molecule has 0 aliphatic carbocycles. The minimum atomic E-state index is -0.313. The summed E-state index contributed by atoms with van der Waals surface area (Å²) in [5, 5.41) is 3.45. The van der Waals surface area contributed by atoms with Gasteiger partial charge in [-0.25, -0.2) is 4.98 Å². The molecule has 130 valence electrons. The molecule has 0 unspecified atom stereocenters. The SMILES string of the molecule is CCOc1ccc(N[C@H]2c3ccccc3C(=O)N2c2ccccn2)cc1. The molecule has 0 radical (unpaired) electrons. The molecule has 1 N–H and O–H groups in total. The standard InChI is InChI=1S/C21H19N3O2/c1-2-26-16-12-10-15(11-13-16)23-20-17-7-3-4-8-18(17)21(25)24(20)19-9-5-6-14-22-19/h3-14,20,23H,2H2,1H3/t20-/m1/s1. The minimum absolute atomic E-state index is 0.0530. The van der Waals surface area contributed by atoms with Crippen LogP contribution in [0.1, 0.15) is 29.0 Å². The summed E-state index contributed by atoms with van der Waals surface area (Å²) in [5.41, 5.74) is 2.54. The number of carbonyl (C=O) groups is 1. The molecular weight excluding hydrogens is 326 g/mol. The zero-order valence-electron chi connectivity index (χ0n) is 14.4. The third-order valence-corrected chi connectivity index (χ3v) is 4.33. The number of hydrogen-bond acceptors (Lipinski definition) is 4. The number of rotatable bonds is 5. The normalized spacial score (nSPS) is 15.7. The van der Waals surface area contributed by atoms with Crippen molar-refractivity contribution in [3.63, 3.8) is 0 Å². The van der Waals surface area contributed by atoms with Crippen molar-refractivity contribution in [3.8, 4) is 5.75 Å². The van der Waals surface area contributed by atoms with Gasteiger partial charge in [-0.1, -0.05) is 24.3 Å². The van der Waals surface area contributed by atoms with Gasteiger partial charge in [0.05, 0.1) is 6.61 Å². The highest BCUT2D eigenvalue weighted by Crippen LogP contribution is 2.37. The number of aromatic nitrogens is 1. The molecule has 2 aromatic carbocycles. The average Bonchev–Trinajstić information content (AvgIpc) is 2.96. The molecule has 2 heterocycles. The van der Waals surface area contributed by atoms with Gasteiger partial charge in [0.15, 0.2) is 0 Å². The van der Waals surface area contributed by atoms with Crippen molar-refractivity contribution in [3.05, 3.63) is 84.1 Å². The van der Waals surface area contributed by atoms with E-state index in [1.54, 1.807) is 11.1 Å². The topological polar surface area (TPSA) is 54.5 Å². The maximum Gasteiger partial charge on any atom is 0.261 e. The Labute approximate surface area is 152 Å². The van der Waals surface area contributed by atoms with Gasteiger partial charge < -0.3 is 10.1 Å². The Morgan fingerprint density at radius 3 is 2.54 bits per heavy atom. The van der Waals surface area contributed by atoms with Crippen LogP contribution in [-0.2, 0) is 0 Å². The van der Waals surface area contributed by atoms with Crippen LogP contribution >= 0.6 is 0 Å². The molecule has 1 aliphatic rings. The average molecular weight is 345 g/mol. The molecule has 1 aliphatic heterocycles. The van der Waals surface area contributed by atoms with Crippen LogP contribution < -0.4 is 15.0 Å². The quantitative estimate of drug-likeness (QED) is 0.751. The van der Waals surface area contributed by atoms with Crippen molar-refractivity contribution in [1.29, 1.82) is 0 Å². The first-order chi connectivity index (χ1) is 12.8. The van der Waals surface area contributed by atoms with Gasteiger partial charge in [-0.2, -0.15) is 0 Å². The number of hydrogen-bond donors (Lipinski definition) is 1. The molecule has 4 rings (SSSR count). The lowest BCUT2D eigenvalue weighted by molar-refractivity contribution is 0.0992. The third kappa shape index (κ3) is 2.88. The number of amides is 1. The molecule has 1 aromatic heterocycles. The fraction of sp³-hybridized carbons (Fsp3) is 0.143. The number of nitrogens with one attached hydrogen (secondary N) is 1. The summed E-state index contributed by atoms with van der Waals surface area (Å²) in [5.74, 6) is 1.39. The summed E-state index contributed by atoms with van der Waals surface area (Å²) < 4.78 is 5.49. The van der Waals surface area contributed by atoms with Crippen molar-refractivity contribution < 1.29 is 9.53 Å². The molecule has 0 bridgehead atoms. The van der Waals surface area contributed by atoms with E-state index in [2.05, 4.69) is 10.3 Å². The van der Waals surface area contributed by atoms with Gasteiger partial charge in [0.25, 0.3) is 5.91 Å². The highest BCUT2D eigenvalue weighted by molar-refractivity contribution is 6.10. The monoisotopic (exact) mass is 345 g/mol. The first-order valence-corrected chi connectivity index (χ1v) is 8.61. The van der Waals surface area contributed by atoms with Crippen LogP contribution in [0.25, 0.3) is 0 Å². The summed E-state index contributed by atoms with van der Waals surface area (Å²) in [4.78, 5) is 19.0. The summed E-state index contributed by atoms with van der Waals surface area (Å²) in [6, 6.07) is 21.0. The van der Waals surface area contributed by atoms with Crippen LogP contribution in [0.5, 0.6) is 5.75 Å². The molecule has 1 amide bonds. The van der Waals surface area contributed by atoms with Crippen LogP contribution in [-0.4, -0.2) is 17.5 Å². The van der Waals surface area contributed by atoms with Gasteiger partial charge in [0.2, 0.25) is 0 Å². The second-order valence-electron chi connectivity index (χ2n) is 5.95. The number of fused-ring (bicyclic) bond motifs is 1. The van der Waals surface area contributed by atoms with Crippen LogP contribution in [0.2, 0.25) is 0 Å². The van der Waals surface area contributed by atoms with E-state index in [0.717, 1.165) is 17.0 Å². The van der Waals surface area contributed by atoms with Crippen LogP contribution in [0.15, 0.2) is 72.9 Å². The number of pyridine rings is 1. The van der Waals surface area contributed by atoms with E-state index >= 15 is 0 Å². The van der Waals surface area contributed by atoms with Crippen molar-refractivity contribution in [1.82, 2.24) is 4.98 Å². The summed E-state index contributed by atoms with van der Waals surface area (Å²) >= 11 is 0. The van der Waals surface area contributed by atoms with Crippen LogP contribution in [0.3, 0.4) is 0 Å². The highest BCUT2D eigenvalue weighted by atomic mass is 16.5. The smallest absolute Gasteiger partial charge is 0.261 e. The van der Waals surface area contributed by atoms with Crippen LogP contribution in [0.4, 0.5) is 11.5 Å². The van der Waals surface area contributed by atoms with Gasteiger partial charge in [-0.05, 0) is 49.4 Å². The van der Waals surface area contributed by atoms with E-state index in [0.29, 0.717) is 18.0 Å². The maximum absolute atomic E-state index is 13.0. The fourth-order valence-electron chi connectivity index (χ4n) is 3.16. The van der Waals surface area contributed by atoms with E-state index in [4.69, 9.17) is 4.74 Å². The van der Waals surface area contributed by atoms with Gasteiger partial charge >= 0.3 is 0 Å². The summed E-state index contributed by atoms with van der Waals surface area (Å²) in [6.07, 6.45) is 1.38. The van der Waals surface area contributed by atoms with Crippen molar-refractivity contribution in [2.24, 2.45) is 0 Å². The molecule has 0 saturated heterocycles. The largest absolute Gasteiger partial charge is 0.494 e. The predicted octanol–water partition coefficient (Wildman–Crippen LogP) is 4.25. The summed E-state index contributed by atoms with van der Waals surface area (Å²) in [6.45, 7) is 2.59. The Bertz CT molecular complexity index is 910. The zero-order chi connectivity index (χ0) is 17.9. The molecular formula is C21H19N3O2. The number of nitrogens with zero attached hydrogens (tertiary/aromatic N) is 2. The molecule has 3 aromatic rings. The predicted molar refractivity (Wildman–Crippen MR) is 101 cm³/mol. The molecule has 26 heavy (non-hydrogen) atoms. The Kier molecular flexibility index (Phi) is 4.27. The van der Waals surface area contributed by atoms with Gasteiger partial charge in [-0.15, -0.1) is 0 Å². The molecule has 5 heteroatoms. The summed E-state index contributed by atoms with van der Waals surface area (Å²) in [7, 11) is 0. The number of carbonyl (C=O) groups excluding carboxylic acids is 1. The molecule has 5 nitrogen and oxygen atoms in total.